The van der Waals surface area contributed by atoms with Crippen LogP contribution in [0.25, 0.3) is 5.65 Å². The van der Waals surface area contributed by atoms with E-state index < -0.39 is 30.1 Å². The summed E-state index contributed by atoms with van der Waals surface area (Å²) in [5, 5.41) is 10.5. The summed E-state index contributed by atoms with van der Waals surface area (Å²) in [6, 6.07) is 17.3. The van der Waals surface area contributed by atoms with Gasteiger partial charge in [0.15, 0.2) is 5.65 Å². The highest BCUT2D eigenvalue weighted by atomic mass is 19.4. The maximum absolute atomic E-state index is 13.3. The molecule has 2 aliphatic rings. The first-order valence-corrected chi connectivity index (χ1v) is 14.1. The van der Waals surface area contributed by atoms with Crippen LogP contribution in [0.4, 0.5) is 29.3 Å². The van der Waals surface area contributed by atoms with Crippen LogP contribution in [0, 0.1) is 17.8 Å². The van der Waals surface area contributed by atoms with Gasteiger partial charge in [-0.1, -0.05) is 48.7 Å². The maximum atomic E-state index is 13.3. The van der Waals surface area contributed by atoms with E-state index in [4.69, 9.17) is 0 Å². The molecule has 13 heteroatoms. The van der Waals surface area contributed by atoms with E-state index in [1.807, 2.05) is 0 Å². The Balaban J connectivity index is 1.19. The zero-order valence-electron chi connectivity index (χ0n) is 23.5. The van der Waals surface area contributed by atoms with Crippen molar-refractivity contribution in [3.63, 3.8) is 0 Å². The highest BCUT2D eigenvalue weighted by Crippen LogP contribution is 2.33. The topological polar surface area (TPSA) is 117 Å². The molecule has 1 fully saturated rings. The number of rotatable bonds is 4. The van der Waals surface area contributed by atoms with Crippen LogP contribution >= 0.6 is 0 Å². The van der Waals surface area contributed by atoms with Crippen LogP contribution < -0.4 is 10.6 Å². The Kier molecular flexibility index (Phi) is 7.95. The molecule has 0 bridgehead atoms. The number of fused-ring (bicyclic) bond motifs is 1. The fourth-order valence-corrected chi connectivity index (χ4v) is 4.93. The number of carbonyl (C=O) groups is 3. The number of pyridine rings is 1. The van der Waals surface area contributed by atoms with Gasteiger partial charge in [-0.15, -0.1) is 5.10 Å². The standard InChI is InChI=1S/C32H25F3N6O4/c33-32(34,35)30(43)45-27-18-26(21-8-2-1-3-9-21)41(39-27)31(44)37-23-12-4-7-20(17-23)14-15-24-19-36-28-25(13-6-16-40(24)28)38-29(42)22-10-5-11-22/h1-4,6-9,12-13,16-17,19,22,26H,5,10-11,18H2,(H,37,44)(H,38,42). The quantitative estimate of drug-likeness (QED) is 0.220. The minimum absolute atomic E-state index is 0.0166. The minimum Gasteiger partial charge on any atom is -0.403 e. The molecule has 4 aromatic rings. The van der Waals surface area contributed by atoms with Gasteiger partial charge in [-0.2, -0.15) is 13.2 Å². The van der Waals surface area contributed by atoms with Crippen LogP contribution in [0.15, 0.2) is 84.2 Å². The molecule has 1 atom stereocenters. The minimum atomic E-state index is -5.21. The van der Waals surface area contributed by atoms with Crippen molar-refractivity contribution in [2.75, 3.05) is 10.6 Å². The van der Waals surface area contributed by atoms with E-state index in [2.05, 4.69) is 37.3 Å². The number of carbonyl (C=O) groups excluding carboxylic acids is 3. The molecule has 10 nitrogen and oxygen atoms in total. The molecule has 0 radical (unpaired) electrons. The molecule has 6 rings (SSSR count). The number of aromatic nitrogens is 2. The van der Waals surface area contributed by atoms with Crippen molar-refractivity contribution < 1.29 is 32.3 Å². The van der Waals surface area contributed by atoms with Crippen molar-refractivity contribution in [3.05, 3.63) is 95.9 Å². The second-order valence-corrected chi connectivity index (χ2v) is 10.5. The Labute approximate surface area is 254 Å². The first-order valence-electron chi connectivity index (χ1n) is 14.1. The van der Waals surface area contributed by atoms with Crippen LogP contribution in [0.5, 0.6) is 0 Å². The van der Waals surface area contributed by atoms with E-state index >= 15 is 0 Å². The number of nitrogens with one attached hydrogen (secondary N) is 2. The first-order chi connectivity index (χ1) is 21.7. The number of hydrazone groups is 1. The average Bonchev–Trinajstić information content (AvgIpc) is 3.60. The number of benzene rings is 2. The molecule has 0 spiro atoms. The SMILES string of the molecule is O=C(Nc1cccn2c(C#Cc3cccc(NC(=O)N4N=C(OC(=O)C(F)(F)F)CC4c4ccccc4)c3)cnc12)C1CCC1. The number of anilines is 2. The summed E-state index contributed by atoms with van der Waals surface area (Å²) < 4.78 is 44.6. The lowest BCUT2D eigenvalue weighted by atomic mass is 9.85. The number of esters is 1. The number of urea groups is 1. The lowest BCUT2D eigenvalue weighted by molar-refractivity contribution is -0.191. The molecule has 1 saturated carbocycles. The van der Waals surface area contributed by atoms with E-state index in [0.29, 0.717) is 33.8 Å². The highest BCUT2D eigenvalue weighted by molar-refractivity contribution is 5.97. The van der Waals surface area contributed by atoms with Crippen LogP contribution in [-0.4, -0.2) is 44.4 Å². The fraction of sp³-hybridized carbons (Fsp3) is 0.219. The molecule has 0 saturated heterocycles. The number of amides is 3. The zero-order valence-corrected chi connectivity index (χ0v) is 23.5. The Morgan fingerprint density at radius 3 is 2.49 bits per heavy atom. The van der Waals surface area contributed by atoms with Gasteiger partial charge in [-0.3, -0.25) is 9.20 Å². The lowest BCUT2D eigenvalue weighted by Crippen LogP contribution is -2.31. The third-order valence-corrected chi connectivity index (χ3v) is 7.44. The third-order valence-electron chi connectivity index (χ3n) is 7.44. The van der Waals surface area contributed by atoms with Crippen molar-refractivity contribution in [3.8, 4) is 11.8 Å². The molecular formula is C32H25F3N6O4. The molecule has 3 heterocycles. The normalized spacial score (nSPS) is 16.3. The molecule has 45 heavy (non-hydrogen) atoms. The van der Waals surface area contributed by atoms with Crippen LogP contribution in [0.3, 0.4) is 0 Å². The molecule has 1 aliphatic carbocycles. The molecule has 2 aromatic carbocycles. The van der Waals surface area contributed by atoms with Gasteiger partial charge in [0, 0.05) is 23.4 Å². The predicted molar refractivity (Wildman–Crippen MR) is 158 cm³/mol. The van der Waals surface area contributed by atoms with E-state index in [1.165, 1.54) is 0 Å². The molecule has 2 aromatic heterocycles. The van der Waals surface area contributed by atoms with E-state index in [0.717, 1.165) is 24.3 Å². The van der Waals surface area contributed by atoms with Gasteiger partial charge in [0.1, 0.15) is 5.69 Å². The van der Waals surface area contributed by atoms with Crippen molar-refractivity contribution >= 4 is 40.8 Å². The highest BCUT2D eigenvalue weighted by Gasteiger charge is 2.44. The van der Waals surface area contributed by atoms with E-state index in [-0.39, 0.29) is 18.2 Å². The average molecular weight is 615 g/mol. The summed E-state index contributed by atoms with van der Waals surface area (Å²) >= 11 is 0. The maximum Gasteiger partial charge on any atom is 0.491 e. The Morgan fingerprint density at radius 2 is 1.76 bits per heavy atom. The number of alkyl halides is 3. The smallest absolute Gasteiger partial charge is 0.403 e. The van der Waals surface area contributed by atoms with Gasteiger partial charge in [-0.25, -0.2) is 19.6 Å². The molecule has 1 unspecified atom stereocenters. The van der Waals surface area contributed by atoms with E-state index in [9.17, 15) is 27.6 Å². The summed E-state index contributed by atoms with van der Waals surface area (Å²) in [6.07, 6.45) is 0.788. The van der Waals surface area contributed by atoms with Crippen molar-refractivity contribution in [1.29, 1.82) is 0 Å². The van der Waals surface area contributed by atoms with Crippen molar-refractivity contribution in [2.45, 2.75) is 37.9 Å². The largest absolute Gasteiger partial charge is 0.491 e. The second-order valence-electron chi connectivity index (χ2n) is 10.5. The lowest BCUT2D eigenvalue weighted by Gasteiger charge is -2.24. The number of ether oxygens (including phenoxy) is 1. The number of nitrogens with zero attached hydrogens (tertiary/aromatic N) is 4. The third kappa shape index (κ3) is 6.50. The number of halogens is 3. The van der Waals surface area contributed by atoms with Gasteiger partial charge >= 0.3 is 18.2 Å². The fourth-order valence-electron chi connectivity index (χ4n) is 4.93. The molecule has 228 valence electrons. The Bertz CT molecular complexity index is 1870. The number of hydrogen-bond donors (Lipinski definition) is 2. The molecule has 2 N–H and O–H groups in total. The Hall–Kier alpha value is -5.64. The number of hydrogen-bond acceptors (Lipinski definition) is 6. The van der Waals surface area contributed by atoms with Gasteiger partial charge < -0.3 is 15.4 Å². The van der Waals surface area contributed by atoms with E-state index in [1.54, 1.807) is 83.5 Å². The number of imidazole rings is 1. The van der Waals surface area contributed by atoms with Crippen LogP contribution in [0.2, 0.25) is 0 Å². The van der Waals surface area contributed by atoms with Crippen molar-refractivity contribution in [1.82, 2.24) is 14.4 Å². The van der Waals surface area contributed by atoms with Gasteiger partial charge in [0.25, 0.3) is 0 Å². The predicted octanol–water partition coefficient (Wildman–Crippen LogP) is 5.87. The summed E-state index contributed by atoms with van der Waals surface area (Å²) in [5.74, 6) is 3.18. The summed E-state index contributed by atoms with van der Waals surface area (Å²) in [6.45, 7) is 0. The van der Waals surface area contributed by atoms with Crippen molar-refractivity contribution in [2.24, 2.45) is 11.0 Å². The summed E-state index contributed by atoms with van der Waals surface area (Å²) in [7, 11) is 0. The van der Waals surface area contributed by atoms with Gasteiger partial charge in [-0.05, 0) is 54.7 Å². The van der Waals surface area contributed by atoms with Gasteiger partial charge in [0.2, 0.25) is 11.8 Å². The molecular weight excluding hydrogens is 589 g/mol. The molecule has 1 aliphatic heterocycles. The zero-order chi connectivity index (χ0) is 31.6. The van der Waals surface area contributed by atoms with Crippen LogP contribution in [0.1, 0.15) is 48.5 Å². The monoisotopic (exact) mass is 614 g/mol. The first kappa shape index (κ1) is 29.4. The molecule has 3 amide bonds. The summed E-state index contributed by atoms with van der Waals surface area (Å²) in [5.41, 5.74) is 3.25. The van der Waals surface area contributed by atoms with Crippen LogP contribution in [-0.2, 0) is 14.3 Å². The second kappa shape index (κ2) is 12.2. The van der Waals surface area contributed by atoms with Gasteiger partial charge in [0.05, 0.1) is 24.3 Å². The Morgan fingerprint density at radius 1 is 0.956 bits per heavy atom. The summed E-state index contributed by atoms with van der Waals surface area (Å²) in [4.78, 5) is 41.6.